The van der Waals surface area contributed by atoms with E-state index >= 15 is 0 Å². The highest BCUT2D eigenvalue weighted by Gasteiger charge is 2.43. The zero-order valence-corrected chi connectivity index (χ0v) is 11.3. The van der Waals surface area contributed by atoms with Crippen molar-refractivity contribution >= 4 is 11.9 Å². The van der Waals surface area contributed by atoms with Gasteiger partial charge in [-0.3, -0.25) is 9.59 Å². The van der Waals surface area contributed by atoms with Gasteiger partial charge in [-0.05, 0) is 24.8 Å². The first-order valence-corrected chi connectivity index (χ1v) is 7.25. The number of carboxylic acids is 1. The number of carbonyl (C=O) groups is 2. The largest absolute Gasteiger partial charge is 0.481 e. The first-order chi connectivity index (χ1) is 9.66. The molecule has 2 N–H and O–H groups in total. The molecule has 1 aromatic rings. The molecule has 1 amide bonds. The molecule has 4 atom stereocenters. The fourth-order valence-corrected chi connectivity index (χ4v) is 3.28. The number of carbonyl (C=O) groups excluding carboxylic acids is 1. The van der Waals surface area contributed by atoms with Gasteiger partial charge in [0.05, 0.1) is 11.8 Å². The van der Waals surface area contributed by atoms with E-state index in [0.717, 1.165) is 12.8 Å². The first kappa shape index (κ1) is 13.2. The minimum absolute atomic E-state index is 0.0710. The molecular weight excluding hydrogens is 254 g/mol. The molecular formula is C16H19NO3. The maximum atomic E-state index is 12.2. The Morgan fingerprint density at radius 2 is 1.80 bits per heavy atom. The lowest BCUT2D eigenvalue weighted by Gasteiger charge is -2.15. The van der Waals surface area contributed by atoms with Gasteiger partial charge < -0.3 is 10.4 Å². The van der Waals surface area contributed by atoms with E-state index in [-0.39, 0.29) is 17.9 Å². The SMILES string of the molecule is O=C(O)[C@H]1CCC[C@H]1C(=O)NC1CC1c1ccccc1. The van der Waals surface area contributed by atoms with Gasteiger partial charge >= 0.3 is 5.97 Å². The van der Waals surface area contributed by atoms with Crippen molar-refractivity contribution < 1.29 is 14.7 Å². The first-order valence-electron chi connectivity index (χ1n) is 7.25. The Kier molecular flexibility index (Phi) is 3.47. The Labute approximate surface area is 118 Å². The highest BCUT2D eigenvalue weighted by molar-refractivity contribution is 5.85. The van der Waals surface area contributed by atoms with Crippen molar-refractivity contribution in [1.29, 1.82) is 0 Å². The van der Waals surface area contributed by atoms with Gasteiger partial charge in [-0.15, -0.1) is 0 Å². The molecule has 2 saturated carbocycles. The summed E-state index contributed by atoms with van der Waals surface area (Å²) in [6.45, 7) is 0. The molecule has 2 aliphatic carbocycles. The Morgan fingerprint density at radius 3 is 2.50 bits per heavy atom. The van der Waals surface area contributed by atoms with Gasteiger partial charge in [0.1, 0.15) is 0 Å². The molecule has 0 aromatic heterocycles. The Bertz CT molecular complexity index is 514. The van der Waals surface area contributed by atoms with E-state index in [4.69, 9.17) is 5.11 Å². The number of carboxylic acid groups (broad SMARTS) is 1. The molecule has 2 fully saturated rings. The van der Waals surface area contributed by atoms with E-state index in [9.17, 15) is 9.59 Å². The van der Waals surface area contributed by atoms with Crippen LogP contribution in [0.5, 0.6) is 0 Å². The average molecular weight is 273 g/mol. The third-order valence-corrected chi connectivity index (χ3v) is 4.52. The normalized spacial score (nSPS) is 31.8. The molecule has 0 bridgehead atoms. The van der Waals surface area contributed by atoms with E-state index in [1.54, 1.807) is 0 Å². The van der Waals surface area contributed by atoms with E-state index in [0.29, 0.717) is 18.8 Å². The van der Waals surface area contributed by atoms with Crippen molar-refractivity contribution in [1.82, 2.24) is 5.32 Å². The molecule has 0 heterocycles. The van der Waals surface area contributed by atoms with Crippen LogP contribution in [0.15, 0.2) is 30.3 Å². The number of nitrogens with one attached hydrogen (secondary N) is 1. The van der Waals surface area contributed by atoms with Crippen LogP contribution in [0.4, 0.5) is 0 Å². The lowest BCUT2D eigenvalue weighted by molar-refractivity contribution is -0.146. The lowest BCUT2D eigenvalue weighted by atomic mass is 9.95. The van der Waals surface area contributed by atoms with Crippen LogP contribution in [0.1, 0.15) is 37.2 Å². The van der Waals surface area contributed by atoms with Crippen molar-refractivity contribution in [2.45, 2.75) is 37.6 Å². The van der Waals surface area contributed by atoms with E-state index < -0.39 is 11.9 Å². The summed E-state index contributed by atoms with van der Waals surface area (Å²) in [7, 11) is 0. The van der Waals surface area contributed by atoms with Crippen molar-refractivity contribution in [2.75, 3.05) is 0 Å². The predicted molar refractivity (Wildman–Crippen MR) is 74.2 cm³/mol. The Morgan fingerprint density at radius 1 is 1.10 bits per heavy atom. The molecule has 1 aromatic carbocycles. The number of hydrogen-bond acceptors (Lipinski definition) is 2. The van der Waals surface area contributed by atoms with Gasteiger partial charge in [0.15, 0.2) is 0 Å². The van der Waals surface area contributed by atoms with Gasteiger partial charge in [0.25, 0.3) is 0 Å². The minimum atomic E-state index is -0.835. The average Bonchev–Trinajstić information content (AvgIpc) is 3.02. The van der Waals surface area contributed by atoms with Gasteiger partial charge in [-0.2, -0.15) is 0 Å². The van der Waals surface area contributed by atoms with Crippen LogP contribution >= 0.6 is 0 Å². The van der Waals surface area contributed by atoms with Crippen LogP contribution in [0, 0.1) is 11.8 Å². The molecule has 0 aliphatic heterocycles. The van der Waals surface area contributed by atoms with E-state index in [2.05, 4.69) is 17.4 Å². The summed E-state index contributed by atoms with van der Waals surface area (Å²) in [6.07, 6.45) is 3.12. The lowest BCUT2D eigenvalue weighted by Crippen LogP contribution is -2.36. The quantitative estimate of drug-likeness (QED) is 0.883. The molecule has 4 nitrogen and oxygen atoms in total. The van der Waals surface area contributed by atoms with Gasteiger partial charge in [-0.25, -0.2) is 0 Å². The van der Waals surface area contributed by atoms with Crippen LogP contribution in [0.2, 0.25) is 0 Å². The number of rotatable bonds is 4. The monoisotopic (exact) mass is 273 g/mol. The third-order valence-electron chi connectivity index (χ3n) is 4.52. The summed E-state index contributed by atoms with van der Waals surface area (Å²) in [4.78, 5) is 23.3. The van der Waals surface area contributed by atoms with Crippen LogP contribution < -0.4 is 5.32 Å². The van der Waals surface area contributed by atoms with Crippen molar-refractivity contribution in [3.05, 3.63) is 35.9 Å². The van der Waals surface area contributed by atoms with E-state index in [1.807, 2.05) is 18.2 Å². The fraction of sp³-hybridized carbons (Fsp3) is 0.500. The third kappa shape index (κ3) is 2.55. The summed E-state index contributed by atoms with van der Waals surface area (Å²) in [5.41, 5.74) is 1.25. The topological polar surface area (TPSA) is 66.4 Å². The number of benzene rings is 1. The molecule has 2 aliphatic rings. The Balaban J connectivity index is 1.57. The predicted octanol–water partition coefficient (Wildman–Crippen LogP) is 2.16. The van der Waals surface area contributed by atoms with Crippen LogP contribution in [-0.4, -0.2) is 23.0 Å². The summed E-state index contributed by atoms with van der Waals surface area (Å²) in [5.74, 6) is -1.35. The molecule has 0 spiro atoms. The van der Waals surface area contributed by atoms with Gasteiger partial charge in [-0.1, -0.05) is 36.8 Å². The highest BCUT2D eigenvalue weighted by Crippen LogP contribution is 2.41. The molecule has 0 saturated heterocycles. The molecule has 0 radical (unpaired) electrons. The van der Waals surface area contributed by atoms with Crippen molar-refractivity contribution in [3.63, 3.8) is 0 Å². The van der Waals surface area contributed by atoms with Crippen LogP contribution in [-0.2, 0) is 9.59 Å². The molecule has 106 valence electrons. The second-order valence-electron chi connectivity index (χ2n) is 5.85. The second kappa shape index (κ2) is 5.27. The van der Waals surface area contributed by atoms with E-state index in [1.165, 1.54) is 5.56 Å². The van der Waals surface area contributed by atoms with Gasteiger partial charge in [0.2, 0.25) is 5.91 Å². The summed E-state index contributed by atoms with van der Waals surface area (Å²) in [6, 6.07) is 10.3. The smallest absolute Gasteiger partial charge is 0.307 e. The second-order valence-corrected chi connectivity index (χ2v) is 5.85. The number of aliphatic carboxylic acids is 1. The summed E-state index contributed by atoms with van der Waals surface area (Å²) in [5, 5.41) is 12.2. The van der Waals surface area contributed by atoms with Gasteiger partial charge in [0, 0.05) is 12.0 Å². The number of amides is 1. The molecule has 3 rings (SSSR count). The summed E-state index contributed by atoms with van der Waals surface area (Å²) >= 11 is 0. The van der Waals surface area contributed by atoms with Crippen LogP contribution in [0.3, 0.4) is 0 Å². The minimum Gasteiger partial charge on any atom is -0.481 e. The maximum absolute atomic E-state index is 12.2. The van der Waals surface area contributed by atoms with Crippen molar-refractivity contribution in [2.24, 2.45) is 11.8 Å². The van der Waals surface area contributed by atoms with Crippen molar-refractivity contribution in [3.8, 4) is 0 Å². The molecule has 2 unspecified atom stereocenters. The standard InChI is InChI=1S/C16H19NO3/c18-15(11-7-4-8-12(11)16(19)20)17-14-9-13(14)10-5-2-1-3-6-10/h1-3,5-6,11-14H,4,7-9H2,(H,17,18)(H,19,20)/t11-,12+,13?,14?/m1/s1. The molecule has 20 heavy (non-hydrogen) atoms. The zero-order valence-electron chi connectivity index (χ0n) is 11.3. The fourth-order valence-electron chi connectivity index (χ4n) is 3.28. The zero-order chi connectivity index (χ0) is 14.1. The molecule has 4 heteroatoms. The maximum Gasteiger partial charge on any atom is 0.307 e. The highest BCUT2D eigenvalue weighted by atomic mass is 16.4. The van der Waals surface area contributed by atoms with Crippen LogP contribution in [0.25, 0.3) is 0 Å². The Hall–Kier alpha value is -1.84. The summed E-state index contributed by atoms with van der Waals surface area (Å²) < 4.78 is 0. The number of hydrogen-bond donors (Lipinski definition) is 2.